The number of nitriles is 1. The van der Waals surface area contributed by atoms with Gasteiger partial charge in [-0.25, -0.2) is 4.79 Å². The molecule has 0 bridgehead atoms. The van der Waals surface area contributed by atoms with E-state index in [1.54, 1.807) is 36.7 Å². The molecule has 0 saturated heterocycles. The second-order valence-corrected chi connectivity index (χ2v) is 3.68. The van der Waals surface area contributed by atoms with Crippen LogP contribution < -0.4 is 0 Å². The zero-order valence-electron chi connectivity index (χ0n) is 8.98. The third kappa shape index (κ3) is 1.26. The molecule has 0 amide bonds. The van der Waals surface area contributed by atoms with Crippen molar-refractivity contribution in [3.05, 3.63) is 35.0 Å². The van der Waals surface area contributed by atoms with Crippen LogP contribution in [-0.2, 0) is 7.05 Å². The quantitative estimate of drug-likeness (QED) is 0.790. The Bertz CT molecular complexity index is 632. The Balaban J connectivity index is 2.89. The first-order chi connectivity index (χ1) is 7.56. The van der Waals surface area contributed by atoms with E-state index in [0.717, 1.165) is 16.5 Å². The average molecular weight is 214 g/mol. The summed E-state index contributed by atoms with van der Waals surface area (Å²) >= 11 is 0. The number of hydrogen-bond donors (Lipinski definition) is 1. The second-order valence-electron chi connectivity index (χ2n) is 3.68. The number of aryl methyl sites for hydroxylation is 2. The van der Waals surface area contributed by atoms with E-state index >= 15 is 0 Å². The second kappa shape index (κ2) is 3.38. The van der Waals surface area contributed by atoms with E-state index in [2.05, 4.69) is 0 Å². The van der Waals surface area contributed by atoms with Crippen molar-refractivity contribution in [2.45, 2.75) is 6.92 Å². The molecule has 0 aliphatic carbocycles. The molecule has 2 aromatic rings. The van der Waals surface area contributed by atoms with Crippen molar-refractivity contribution >= 4 is 16.9 Å². The van der Waals surface area contributed by atoms with E-state index in [-0.39, 0.29) is 5.69 Å². The number of fused-ring (bicyclic) bond motifs is 1. The number of aromatic nitrogens is 1. The zero-order valence-corrected chi connectivity index (χ0v) is 8.98. The fourth-order valence-electron chi connectivity index (χ4n) is 2.00. The van der Waals surface area contributed by atoms with E-state index < -0.39 is 5.97 Å². The van der Waals surface area contributed by atoms with Crippen molar-refractivity contribution in [3.63, 3.8) is 0 Å². The normalized spacial score (nSPS) is 10.3. The number of hydrogen-bond acceptors (Lipinski definition) is 2. The van der Waals surface area contributed by atoms with Gasteiger partial charge in [0.15, 0.2) is 0 Å². The highest BCUT2D eigenvalue weighted by atomic mass is 16.4. The average Bonchev–Trinajstić information content (AvgIpc) is 2.51. The van der Waals surface area contributed by atoms with Crippen LogP contribution in [0.15, 0.2) is 18.2 Å². The van der Waals surface area contributed by atoms with Crippen molar-refractivity contribution in [2.75, 3.05) is 0 Å². The zero-order chi connectivity index (χ0) is 11.9. The first-order valence-electron chi connectivity index (χ1n) is 4.78. The van der Waals surface area contributed by atoms with Crippen LogP contribution in [-0.4, -0.2) is 15.6 Å². The molecule has 1 heterocycles. The highest BCUT2D eigenvalue weighted by Gasteiger charge is 2.17. The van der Waals surface area contributed by atoms with Crippen molar-refractivity contribution in [3.8, 4) is 6.07 Å². The van der Waals surface area contributed by atoms with Crippen molar-refractivity contribution in [1.29, 1.82) is 5.26 Å². The Morgan fingerprint density at radius 2 is 2.19 bits per heavy atom. The summed E-state index contributed by atoms with van der Waals surface area (Å²) < 4.78 is 1.60. The maximum Gasteiger partial charge on any atom is 0.352 e. The summed E-state index contributed by atoms with van der Waals surface area (Å²) in [6.07, 6.45) is 0. The van der Waals surface area contributed by atoms with Gasteiger partial charge in [-0.2, -0.15) is 5.26 Å². The van der Waals surface area contributed by atoms with Gasteiger partial charge in [-0.15, -0.1) is 0 Å². The fourth-order valence-corrected chi connectivity index (χ4v) is 2.00. The van der Waals surface area contributed by atoms with Crippen molar-refractivity contribution in [1.82, 2.24) is 4.57 Å². The summed E-state index contributed by atoms with van der Waals surface area (Å²) in [5.74, 6) is -0.949. The highest BCUT2D eigenvalue weighted by Crippen LogP contribution is 2.25. The predicted molar refractivity (Wildman–Crippen MR) is 59.3 cm³/mol. The van der Waals surface area contributed by atoms with Crippen molar-refractivity contribution in [2.24, 2.45) is 7.05 Å². The minimum atomic E-state index is -0.949. The monoisotopic (exact) mass is 214 g/mol. The molecule has 0 atom stereocenters. The summed E-state index contributed by atoms with van der Waals surface area (Å²) in [5.41, 5.74) is 2.30. The molecule has 0 saturated carbocycles. The SMILES string of the molecule is Cc1c(C(=O)O)n(C)c2cc(C#N)ccc12. The molecule has 16 heavy (non-hydrogen) atoms. The lowest BCUT2D eigenvalue weighted by Crippen LogP contribution is -2.05. The first kappa shape index (κ1) is 10.2. The lowest BCUT2D eigenvalue weighted by atomic mass is 10.1. The Hall–Kier alpha value is -2.28. The molecule has 1 aromatic heterocycles. The largest absolute Gasteiger partial charge is 0.477 e. The van der Waals surface area contributed by atoms with E-state index in [1.165, 1.54) is 0 Å². The van der Waals surface area contributed by atoms with Crippen LogP contribution in [0.4, 0.5) is 0 Å². The third-order valence-electron chi connectivity index (χ3n) is 2.79. The molecule has 1 N–H and O–H groups in total. The first-order valence-corrected chi connectivity index (χ1v) is 4.78. The molecule has 0 unspecified atom stereocenters. The maximum absolute atomic E-state index is 11.1. The van der Waals surface area contributed by atoms with Crippen LogP contribution >= 0.6 is 0 Å². The molecule has 1 aromatic carbocycles. The Kier molecular flexibility index (Phi) is 2.17. The van der Waals surface area contributed by atoms with Gasteiger partial charge in [0.25, 0.3) is 0 Å². The number of benzene rings is 1. The number of carboxylic acids is 1. The lowest BCUT2D eigenvalue weighted by Gasteiger charge is -1.99. The summed E-state index contributed by atoms with van der Waals surface area (Å²) in [4.78, 5) is 11.1. The van der Waals surface area contributed by atoms with E-state index in [4.69, 9.17) is 10.4 Å². The van der Waals surface area contributed by atoms with Gasteiger partial charge in [0.2, 0.25) is 0 Å². The van der Waals surface area contributed by atoms with Crippen molar-refractivity contribution < 1.29 is 9.90 Å². The Labute approximate surface area is 92.3 Å². The number of nitrogens with zero attached hydrogens (tertiary/aromatic N) is 2. The molecule has 0 fully saturated rings. The smallest absolute Gasteiger partial charge is 0.352 e. The van der Waals surface area contributed by atoms with Crippen LogP contribution in [0.1, 0.15) is 21.6 Å². The summed E-state index contributed by atoms with van der Waals surface area (Å²) in [5, 5.41) is 18.8. The van der Waals surface area contributed by atoms with Gasteiger partial charge in [-0.1, -0.05) is 6.07 Å². The summed E-state index contributed by atoms with van der Waals surface area (Å²) in [6.45, 7) is 1.78. The number of rotatable bonds is 1. The van der Waals surface area contributed by atoms with Crippen LogP contribution in [0.3, 0.4) is 0 Å². The van der Waals surface area contributed by atoms with E-state index in [1.807, 2.05) is 6.07 Å². The van der Waals surface area contributed by atoms with Crippen LogP contribution in [0.25, 0.3) is 10.9 Å². The van der Waals surface area contributed by atoms with Gasteiger partial charge in [0, 0.05) is 12.4 Å². The molecule has 2 rings (SSSR count). The van der Waals surface area contributed by atoms with Crippen LogP contribution in [0.5, 0.6) is 0 Å². The molecule has 80 valence electrons. The number of carbonyl (C=O) groups is 1. The van der Waals surface area contributed by atoms with Gasteiger partial charge < -0.3 is 9.67 Å². The third-order valence-corrected chi connectivity index (χ3v) is 2.79. The number of aromatic carboxylic acids is 1. The van der Waals surface area contributed by atoms with E-state index in [0.29, 0.717) is 5.56 Å². The molecule has 0 radical (unpaired) electrons. The van der Waals surface area contributed by atoms with Gasteiger partial charge >= 0.3 is 5.97 Å². The molecular weight excluding hydrogens is 204 g/mol. The van der Waals surface area contributed by atoms with Crippen LogP contribution in [0.2, 0.25) is 0 Å². The molecular formula is C12H10N2O2. The Morgan fingerprint density at radius 3 is 2.75 bits per heavy atom. The van der Waals surface area contributed by atoms with Gasteiger partial charge in [-0.3, -0.25) is 0 Å². The maximum atomic E-state index is 11.1. The van der Waals surface area contributed by atoms with Gasteiger partial charge in [0.1, 0.15) is 5.69 Å². The Morgan fingerprint density at radius 1 is 1.50 bits per heavy atom. The van der Waals surface area contributed by atoms with Crippen LogP contribution in [0, 0.1) is 18.3 Å². The summed E-state index contributed by atoms with van der Waals surface area (Å²) in [6, 6.07) is 7.23. The lowest BCUT2D eigenvalue weighted by molar-refractivity contribution is 0.0686. The molecule has 0 aliphatic rings. The molecule has 0 spiro atoms. The van der Waals surface area contributed by atoms with E-state index in [9.17, 15) is 4.79 Å². The standard InChI is InChI=1S/C12H10N2O2/c1-7-9-4-3-8(6-13)5-10(9)14(2)11(7)12(15)16/h3-5H,1-2H3,(H,15,16). The minimum Gasteiger partial charge on any atom is -0.477 e. The molecule has 4 nitrogen and oxygen atoms in total. The molecule has 0 aliphatic heterocycles. The fraction of sp³-hybridized carbons (Fsp3) is 0.167. The molecule has 4 heteroatoms. The van der Waals surface area contributed by atoms with Gasteiger partial charge in [0.05, 0.1) is 17.1 Å². The number of carboxylic acid groups (broad SMARTS) is 1. The van der Waals surface area contributed by atoms with Gasteiger partial charge in [-0.05, 0) is 24.6 Å². The minimum absolute atomic E-state index is 0.269. The summed E-state index contributed by atoms with van der Waals surface area (Å²) in [7, 11) is 1.69. The predicted octanol–water partition coefficient (Wildman–Crippen LogP) is 2.06. The topological polar surface area (TPSA) is 66.0 Å². The highest BCUT2D eigenvalue weighted by molar-refractivity contribution is 5.98.